The molecular weight excluding hydrogens is 294 g/mol. The van der Waals surface area contributed by atoms with E-state index in [1.165, 1.54) is 0 Å². The molecular formula is C13H22ClN5O2. The van der Waals surface area contributed by atoms with Gasteiger partial charge in [-0.25, -0.2) is 0 Å². The summed E-state index contributed by atoms with van der Waals surface area (Å²) in [5.41, 5.74) is 0. The third-order valence-electron chi connectivity index (χ3n) is 3.13. The van der Waals surface area contributed by atoms with Gasteiger partial charge in [0, 0.05) is 19.6 Å². The number of aliphatic hydroxyl groups excluding tert-OH is 1. The number of morpholine rings is 1. The van der Waals surface area contributed by atoms with Crippen LogP contribution >= 0.6 is 11.6 Å². The van der Waals surface area contributed by atoms with Crippen molar-refractivity contribution in [1.29, 1.82) is 0 Å². The summed E-state index contributed by atoms with van der Waals surface area (Å²) in [6.45, 7) is 7.30. The highest BCUT2D eigenvalue weighted by atomic mass is 35.5. The summed E-state index contributed by atoms with van der Waals surface area (Å²) in [5.74, 6) is 1.37. The molecule has 2 rings (SSSR count). The fraction of sp³-hybridized carbons (Fsp3) is 0.769. The molecule has 1 aromatic rings. The van der Waals surface area contributed by atoms with Gasteiger partial charge < -0.3 is 20.1 Å². The van der Waals surface area contributed by atoms with Gasteiger partial charge in [0.15, 0.2) is 0 Å². The first-order chi connectivity index (χ1) is 10.0. The average molecular weight is 316 g/mol. The molecule has 8 heteroatoms. The Labute approximate surface area is 129 Å². The molecule has 0 radical (unpaired) electrons. The van der Waals surface area contributed by atoms with E-state index in [1.807, 2.05) is 4.90 Å². The van der Waals surface area contributed by atoms with Gasteiger partial charge in [-0.15, -0.1) is 0 Å². The van der Waals surface area contributed by atoms with Gasteiger partial charge in [-0.05, 0) is 23.9 Å². The van der Waals surface area contributed by atoms with E-state index in [0.29, 0.717) is 37.6 Å². The summed E-state index contributed by atoms with van der Waals surface area (Å²) in [5, 5.41) is 13.0. The third-order valence-corrected chi connectivity index (χ3v) is 3.30. The maximum Gasteiger partial charge on any atom is 0.231 e. The molecule has 1 unspecified atom stereocenters. The van der Waals surface area contributed by atoms with E-state index < -0.39 is 6.10 Å². The van der Waals surface area contributed by atoms with Gasteiger partial charge in [-0.3, -0.25) is 0 Å². The van der Waals surface area contributed by atoms with Crippen LogP contribution in [-0.2, 0) is 4.74 Å². The summed E-state index contributed by atoms with van der Waals surface area (Å²) in [6, 6.07) is 0. The van der Waals surface area contributed by atoms with Gasteiger partial charge in [0.1, 0.15) is 0 Å². The number of nitrogens with zero attached hydrogens (tertiary/aromatic N) is 4. The maximum absolute atomic E-state index is 9.87. The average Bonchev–Trinajstić information content (AvgIpc) is 2.45. The smallest absolute Gasteiger partial charge is 0.231 e. The molecule has 0 saturated carbocycles. The van der Waals surface area contributed by atoms with Gasteiger partial charge >= 0.3 is 0 Å². The van der Waals surface area contributed by atoms with Crippen LogP contribution < -0.4 is 10.2 Å². The minimum atomic E-state index is -0.438. The molecule has 0 amide bonds. The van der Waals surface area contributed by atoms with E-state index in [1.54, 1.807) is 0 Å². The molecule has 0 spiro atoms. The SMILES string of the molecule is CC(C)CC(O)CNc1nc(Cl)nc(N2CCOCC2)n1. The van der Waals surface area contributed by atoms with Crippen LogP contribution in [0.2, 0.25) is 5.28 Å². The van der Waals surface area contributed by atoms with Crippen molar-refractivity contribution in [2.24, 2.45) is 5.92 Å². The minimum absolute atomic E-state index is 0.146. The van der Waals surface area contributed by atoms with Crippen molar-refractivity contribution in [3.05, 3.63) is 5.28 Å². The Balaban J connectivity index is 1.97. The largest absolute Gasteiger partial charge is 0.391 e. The number of nitrogens with one attached hydrogen (secondary N) is 1. The molecule has 2 N–H and O–H groups in total. The first kappa shape index (κ1) is 16.2. The third kappa shape index (κ3) is 5.26. The Morgan fingerprint density at radius 1 is 1.29 bits per heavy atom. The molecule has 1 aliphatic heterocycles. The molecule has 1 aliphatic rings. The standard InChI is InChI=1S/C13H22ClN5O2/c1-9(2)7-10(20)8-15-12-16-11(14)17-13(18-12)19-3-5-21-6-4-19/h9-10,20H,3-8H2,1-2H3,(H,15,16,17,18). The molecule has 7 nitrogen and oxygen atoms in total. The number of aliphatic hydroxyl groups is 1. The molecule has 1 fully saturated rings. The Kier molecular flexibility index (Phi) is 5.96. The quantitative estimate of drug-likeness (QED) is 0.815. The lowest BCUT2D eigenvalue weighted by Gasteiger charge is -2.26. The Hall–Kier alpha value is -1.18. The van der Waals surface area contributed by atoms with Crippen molar-refractivity contribution in [1.82, 2.24) is 15.0 Å². The van der Waals surface area contributed by atoms with E-state index in [-0.39, 0.29) is 5.28 Å². The lowest BCUT2D eigenvalue weighted by Crippen LogP contribution is -2.37. The second-order valence-corrected chi connectivity index (χ2v) is 5.83. The van der Waals surface area contributed by atoms with E-state index in [4.69, 9.17) is 16.3 Å². The summed E-state index contributed by atoms with van der Waals surface area (Å²) in [4.78, 5) is 14.5. The lowest BCUT2D eigenvalue weighted by molar-refractivity contribution is 0.122. The second kappa shape index (κ2) is 7.72. The van der Waals surface area contributed by atoms with Crippen LogP contribution in [0.25, 0.3) is 0 Å². The predicted octanol–water partition coefficient (Wildman–Crippen LogP) is 1.18. The van der Waals surface area contributed by atoms with Gasteiger partial charge in [-0.2, -0.15) is 15.0 Å². The van der Waals surface area contributed by atoms with Gasteiger partial charge in [-0.1, -0.05) is 13.8 Å². The summed E-state index contributed by atoms with van der Waals surface area (Å²) in [6.07, 6.45) is 0.287. The predicted molar refractivity (Wildman–Crippen MR) is 81.8 cm³/mol. The monoisotopic (exact) mass is 315 g/mol. The minimum Gasteiger partial charge on any atom is -0.391 e. The van der Waals surface area contributed by atoms with Gasteiger partial charge in [0.05, 0.1) is 19.3 Å². The zero-order valence-corrected chi connectivity index (χ0v) is 13.2. The lowest BCUT2D eigenvalue weighted by atomic mass is 10.1. The molecule has 0 aromatic carbocycles. The number of anilines is 2. The highest BCUT2D eigenvalue weighted by molar-refractivity contribution is 6.28. The Morgan fingerprint density at radius 2 is 2.00 bits per heavy atom. The number of aromatic nitrogens is 3. The van der Waals surface area contributed by atoms with Crippen molar-refractivity contribution >= 4 is 23.5 Å². The van der Waals surface area contributed by atoms with Crippen LogP contribution in [0.3, 0.4) is 0 Å². The van der Waals surface area contributed by atoms with E-state index >= 15 is 0 Å². The highest BCUT2D eigenvalue weighted by Crippen LogP contribution is 2.15. The van der Waals surface area contributed by atoms with Crippen molar-refractivity contribution < 1.29 is 9.84 Å². The molecule has 1 aromatic heterocycles. The van der Waals surface area contributed by atoms with Crippen molar-refractivity contribution in [3.63, 3.8) is 0 Å². The van der Waals surface area contributed by atoms with Crippen LogP contribution in [-0.4, -0.2) is 59.0 Å². The van der Waals surface area contributed by atoms with Crippen LogP contribution in [0.4, 0.5) is 11.9 Å². The number of halogens is 1. The number of ether oxygens (including phenoxy) is 1. The number of hydrogen-bond donors (Lipinski definition) is 2. The second-order valence-electron chi connectivity index (χ2n) is 5.49. The number of rotatable bonds is 6. The molecule has 0 aliphatic carbocycles. The molecule has 1 saturated heterocycles. The molecule has 118 valence electrons. The summed E-state index contributed by atoms with van der Waals surface area (Å²) in [7, 11) is 0. The van der Waals surface area contributed by atoms with Crippen molar-refractivity contribution in [2.45, 2.75) is 26.4 Å². The van der Waals surface area contributed by atoms with Gasteiger partial charge in [0.2, 0.25) is 17.2 Å². The Bertz CT molecular complexity index is 454. The molecule has 0 bridgehead atoms. The van der Waals surface area contributed by atoms with Crippen LogP contribution in [0.5, 0.6) is 0 Å². The first-order valence-electron chi connectivity index (χ1n) is 7.21. The molecule has 1 atom stereocenters. The van der Waals surface area contributed by atoms with Gasteiger partial charge in [0.25, 0.3) is 0 Å². The van der Waals surface area contributed by atoms with Crippen LogP contribution in [0.15, 0.2) is 0 Å². The normalized spacial score (nSPS) is 17.1. The summed E-state index contributed by atoms with van der Waals surface area (Å²) < 4.78 is 5.30. The maximum atomic E-state index is 9.87. The fourth-order valence-electron chi connectivity index (χ4n) is 2.16. The Morgan fingerprint density at radius 3 is 2.67 bits per heavy atom. The zero-order chi connectivity index (χ0) is 15.2. The molecule has 21 heavy (non-hydrogen) atoms. The molecule has 2 heterocycles. The topological polar surface area (TPSA) is 83.4 Å². The van der Waals surface area contributed by atoms with E-state index in [0.717, 1.165) is 19.5 Å². The van der Waals surface area contributed by atoms with E-state index in [2.05, 4.69) is 34.1 Å². The van der Waals surface area contributed by atoms with Crippen molar-refractivity contribution in [2.75, 3.05) is 43.1 Å². The summed E-state index contributed by atoms with van der Waals surface area (Å²) >= 11 is 5.95. The van der Waals surface area contributed by atoms with Crippen LogP contribution in [0.1, 0.15) is 20.3 Å². The zero-order valence-electron chi connectivity index (χ0n) is 12.4. The van der Waals surface area contributed by atoms with E-state index in [9.17, 15) is 5.11 Å². The van der Waals surface area contributed by atoms with Crippen LogP contribution in [0, 0.1) is 5.92 Å². The first-order valence-corrected chi connectivity index (χ1v) is 7.58. The number of hydrogen-bond acceptors (Lipinski definition) is 7. The van der Waals surface area contributed by atoms with Crippen molar-refractivity contribution in [3.8, 4) is 0 Å². The fourth-order valence-corrected chi connectivity index (χ4v) is 2.32. The highest BCUT2D eigenvalue weighted by Gasteiger charge is 2.16.